The van der Waals surface area contributed by atoms with Gasteiger partial charge in [0.1, 0.15) is 0 Å². The lowest BCUT2D eigenvalue weighted by atomic mass is 9.92. The summed E-state index contributed by atoms with van der Waals surface area (Å²) in [7, 11) is 0. The van der Waals surface area contributed by atoms with Gasteiger partial charge in [-0.2, -0.15) is 0 Å². The van der Waals surface area contributed by atoms with E-state index in [9.17, 15) is 9.90 Å². The molecule has 0 spiro atoms. The molecule has 1 saturated carbocycles. The summed E-state index contributed by atoms with van der Waals surface area (Å²) in [6.07, 6.45) is 5.98. The van der Waals surface area contributed by atoms with Crippen molar-refractivity contribution in [3.8, 4) is 0 Å². The number of aliphatic hydroxyl groups excluding tert-OH is 1. The zero-order chi connectivity index (χ0) is 12.8. The van der Waals surface area contributed by atoms with Gasteiger partial charge in [0.05, 0.1) is 12.1 Å². The van der Waals surface area contributed by atoms with Crippen molar-refractivity contribution in [3.05, 3.63) is 22.4 Å². The van der Waals surface area contributed by atoms with E-state index in [1.54, 1.807) is 11.3 Å². The quantitative estimate of drug-likeness (QED) is 0.861. The highest BCUT2D eigenvalue weighted by Gasteiger charge is 2.23. The Morgan fingerprint density at radius 2 is 2.28 bits per heavy atom. The molecule has 2 N–H and O–H groups in total. The van der Waals surface area contributed by atoms with Gasteiger partial charge in [0.2, 0.25) is 5.91 Å². The molecule has 3 nitrogen and oxygen atoms in total. The maximum atomic E-state index is 11.8. The summed E-state index contributed by atoms with van der Waals surface area (Å²) in [5.74, 6) is 0.0810. The van der Waals surface area contributed by atoms with Crippen LogP contribution in [-0.2, 0) is 11.2 Å². The fourth-order valence-electron chi connectivity index (χ4n) is 2.44. The zero-order valence-electron chi connectivity index (χ0n) is 10.6. The van der Waals surface area contributed by atoms with E-state index in [0.717, 1.165) is 38.5 Å². The average molecular weight is 267 g/mol. The fourth-order valence-corrected chi connectivity index (χ4v) is 3.19. The Morgan fingerprint density at radius 1 is 1.44 bits per heavy atom. The highest BCUT2D eigenvalue weighted by molar-refractivity contribution is 7.09. The number of hydrogen-bond donors (Lipinski definition) is 2. The maximum absolute atomic E-state index is 11.8. The summed E-state index contributed by atoms with van der Waals surface area (Å²) < 4.78 is 0. The first kappa shape index (κ1) is 13.6. The minimum Gasteiger partial charge on any atom is -0.391 e. The first-order valence-electron chi connectivity index (χ1n) is 6.75. The van der Waals surface area contributed by atoms with Gasteiger partial charge in [-0.05, 0) is 37.1 Å². The van der Waals surface area contributed by atoms with Gasteiger partial charge in [0.25, 0.3) is 0 Å². The number of carbonyl (C=O) groups excluding carboxylic acids is 1. The molecule has 2 atom stereocenters. The third kappa shape index (κ3) is 4.10. The summed E-state index contributed by atoms with van der Waals surface area (Å²) in [4.78, 5) is 13.1. The summed E-state index contributed by atoms with van der Waals surface area (Å²) in [5.41, 5.74) is 0. The van der Waals surface area contributed by atoms with E-state index >= 15 is 0 Å². The Labute approximate surface area is 112 Å². The topological polar surface area (TPSA) is 49.3 Å². The Kier molecular flexibility index (Phi) is 5.20. The van der Waals surface area contributed by atoms with Crippen molar-refractivity contribution in [1.29, 1.82) is 0 Å². The molecule has 1 heterocycles. The molecule has 0 saturated heterocycles. The monoisotopic (exact) mass is 267 g/mol. The van der Waals surface area contributed by atoms with Gasteiger partial charge in [-0.1, -0.05) is 18.9 Å². The fraction of sp³-hybridized carbons (Fsp3) is 0.643. The Morgan fingerprint density at radius 3 is 3.00 bits per heavy atom. The molecule has 1 amide bonds. The molecule has 100 valence electrons. The van der Waals surface area contributed by atoms with Gasteiger partial charge >= 0.3 is 0 Å². The molecule has 1 aromatic rings. The molecule has 1 aliphatic rings. The minimum atomic E-state index is -0.347. The van der Waals surface area contributed by atoms with Crippen LogP contribution in [0.2, 0.25) is 0 Å². The second-order valence-electron chi connectivity index (χ2n) is 4.96. The smallest absolute Gasteiger partial charge is 0.220 e. The molecule has 0 radical (unpaired) electrons. The molecular weight excluding hydrogens is 246 g/mol. The van der Waals surface area contributed by atoms with Crippen molar-refractivity contribution >= 4 is 17.2 Å². The normalized spacial score (nSPS) is 23.8. The SMILES string of the molecule is O=C(CCCc1cccs1)NC1CCCCC1O. The van der Waals surface area contributed by atoms with E-state index < -0.39 is 0 Å². The van der Waals surface area contributed by atoms with Crippen LogP contribution in [0.15, 0.2) is 17.5 Å². The molecule has 1 aromatic heterocycles. The number of amides is 1. The van der Waals surface area contributed by atoms with Gasteiger partial charge in [-0.3, -0.25) is 4.79 Å². The molecule has 0 aromatic carbocycles. The first-order valence-corrected chi connectivity index (χ1v) is 7.63. The summed E-state index contributed by atoms with van der Waals surface area (Å²) in [5, 5.41) is 14.8. The van der Waals surface area contributed by atoms with E-state index in [1.165, 1.54) is 4.88 Å². The van der Waals surface area contributed by atoms with Crippen molar-refractivity contribution in [3.63, 3.8) is 0 Å². The number of rotatable bonds is 5. The minimum absolute atomic E-state index is 0.0204. The molecule has 4 heteroatoms. The van der Waals surface area contributed by atoms with Crippen LogP contribution in [0.3, 0.4) is 0 Å². The second kappa shape index (κ2) is 6.90. The van der Waals surface area contributed by atoms with Gasteiger partial charge < -0.3 is 10.4 Å². The van der Waals surface area contributed by atoms with Gasteiger partial charge in [-0.15, -0.1) is 11.3 Å². The van der Waals surface area contributed by atoms with E-state index in [2.05, 4.69) is 16.8 Å². The van der Waals surface area contributed by atoms with Crippen LogP contribution < -0.4 is 5.32 Å². The van der Waals surface area contributed by atoms with Crippen LogP contribution in [0, 0.1) is 0 Å². The van der Waals surface area contributed by atoms with E-state index in [4.69, 9.17) is 0 Å². The molecule has 0 bridgehead atoms. The van der Waals surface area contributed by atoms with Gasteiger partial charge in [0.15, 0.2) is 0 Å². The summed E-state index contributed by atoms with van der Waals surface area (Å²) in [6.45, 7) is 0. The van der Waals surface area contributed by atoms with Gasteiger partial charge in [0, 0.05) is 11.3 Å². The van der Waals surface area contributed by atoms with Crippen LogP contribution >= 0.6 is 11.3 Å². The largest absolute Gasteiger partial charge is 0.391 e. The molecule has 2 unspecified atom stereocenters. The van der Waals surface area contributed by atoms with Gasteiger partial charge in [-0.25, -0.2) is 0 Å². The molecule has 1 fully saturated rings. The molecule has 2 rings (SSSR count). The number of nitrogens with one attached hydrogen (secondary N) is 1. The predicted molar refractivity (Wildman–Crippen MR) is 73.7 cm³/mol. The third-order valence-electron chi connectivity index (χ3n) is 3.48. The van der Waals surface area contributed by atoms with E-state index in [-0.39, 0.29) is 18.1 Å². The lowest BCUT2D eigenvalue weighted by Crippen LogP contribution is -2.45. The van der Waals surface area contributed by atoms with Crippen LogP contribution in [0.5, 0.6) is 0 Å². The standard InChI is InChI=1S/C14H21NO2S/c16-13-8-2-1-7-12(13)15-14(17)9-3-5-11-6-4-10-18-11/h4,6,10,12-13,16H,1-3,5,7-9H2,(H,15,17). The average Bonchev–Trinajstić information content (AvgIpc) is 2.85. The van der Waals surface area contributed by atoms with Crippen molar-refractivity contribution in [1.82, 2.24) is 5.32 Å². The van der Waals surface area contributed by atoms with Crippen LogP contribution in [0.4, 0.5) is 0 Å². The molecule has 0 aliphatic heterocycles. The number of aryl methyl sites for hydroxylation is 1. The number of aliphatic hydroxyl groups is 1. The van der Waals surface area contributed by atoms with E-state index in [0.29, 0.717) is 6.42 Å². The van der Waals surface area contributed by atoms with Crippen molar-refractivity contribution in [2.75, 3.05) is 0 Å². The summed E-state index contributed by atoms with van der Waals surface area (Å²) in [6, 6.07) is 4.12. The Bertz CT molecular complexity index is 364. The maximum Gasteiger partial charge on any atom is 0.220 e. The molecular formula is C14H21NO2S. The van der Waals surface area contributed by atoms with Crippen molar-refractivity contribution in [2.45, 2.75) is 57.1 Å². The first-order chi connectivity index (χ1) is 8.75. The number of thiophene rings is 1. The Balaban J connectivity index is 1.65. The van der Waals surface area contributed by atoms with E-state index in [1.807, 2.05) is 6.07 Å². The van der Waals surface area contributed by atoms with Crippen molar-refractivity contribution < 1.29 is 9.90 Å². The zero-order valence-corrected chi connectivity index (χ0v) is 11.4. The second-order valence-corrected chi connectivity index (χ2v) is 5.99. The lowest BCUT2D eigenvalue weighted by Gasteiger charge is -2.28. The highest BCUT2D eigenvalue weighted by Crippen LogP contribution is 2.18. The number of carbonyl (C=O) groups is 1. The third-order valence-corrected chi connectivity index (χ3v) is 4.42. The Hall–Kier alpha value is -0.870. The lowest BCUT2D eigenvalue weighted by molar-refractivity contribution is -0.123. The van der Waals surface area contributed by atoms with Crippen molar-refractivity contribution in [2.24, 2.45) is 0 Å². The molecule has 1 aliphatic carbocycles. The van der Waals surface area contributed by atoms with Crippen LogP contribution in [0.25, 0.3) is 0 Å². The molecule has 18 heavy (non-hydrogen) atoms. The van der Waals surface area contributed by atoms with Crippen LogP contribution in [-0.4, -0.2) is 23.2 Å². The van der Waals surface area contributed by atoms with Crippen LogP contribution in [0.1, 0.15) is 43.4 Å². The number of hydrogen-bond acceptors (Lipinski definition) is 3. The highest BCUT2D eigenvalue weighted by atomic mass is 32.1. The summed E-state index contributed by atoms with van der Waals surface area (Å²) >= 11 is 1.74. The predicted octanol–water partition coefficient (Wildman–Crippen LogP) is 2.49.